The number of fused-ring (bicyclic) bond motifs is 1. The van der Waals surface area contributed by atoms with Crippen molar-refractivity contribution in [3.63, 3.8) is 0 Å². The van der Waals surface area contributed by atoms with Gasteiger partial charge in [0.2, 0.25) is 10.0 Å². The Kier molecular flexibility index (Phi) is 2.65. The van der Waals surface area contributed by atoms with Gasteiger partial charge >= 0.3 is 0 Å². The molecular weight excluding hydrogens is 238 g/mol. The van der Waals surface area contributed by atoms with Crippen LogP contribution in [0.15, 0.2) is 29.4 Å². The lowest BCUT2D eigenvalue weighted by Gasteiger charge is -2.16. The lowest BCUT2D eigenvalue weighted by atomic mass is 10.0. The van der Waals surface area contributed by atoms with Gasteiger partial charge in [-0.1, -0.05) is 0 Å². The van der Waals surface area contributed by atoms with E-state index in [1.807, 2.05) is 0 Å². The summed E-state index contributed by atoms with van der Waals surface area (Å²) in [5.41, 5.74) is 0. The first-order valence-electron chi connectivity index (χ1n) is 5.79. The van der Waals surface area contributed by atoms with Crippen LogP contribution in [0, 0.1) is 11.8 Å². The van der Waals surface area contributed by atoms with Crippen molar-refractivity contribution in [2.75, 3.05) is 26.2 Å². The molecule has 1 N–H and O–H groups in total. The Morgan fingerprint density at radius 1 is 1.29 bits per heavy atom. The average molecular weight is 253 g/mol. The monoisotopic (exact) mass is 253 g/mol. The zero-order chi connectivity index (χ0) is 11.9. The first-order valence-corrected chi connectivity index (χ1v) is 7.23. The van der Waals surface area contributed by atoms with E-state index in [1.54, 1.807) is 22.6 Å². The van der Waals surface area contributed by atoms with E-state index in [0.717, 1.165) is 13.1 Å². The Morgan fingerprint density at radius 3 is 2.59 bits per heavy atom. The summed E-state index contributed by atoms with van der Waals surface area (Å²) in [5.74, 6) is 0.947. The van der Waals surface area contributed by atoms with Crippen LogP contribution in [0.1, 0.15) is 0 Å². The molecule has 2 fully saturated rings. The van der Waals surface area contributed by atoms with Crippen LogP contribution in [0.5, 0.6) is 0 Å². The van der Waals surface area contributed by atoms with Crippen molar-refractivity contribution in [1.82, 2.24) is 14.6 Å². The van der Waals surface area contributed by atoms with E-state index in [9.17, 15) is 8.42 Å². The molecule has 0 spiro atoms. The normalized spacial score (nSPS) is 29.4. The minimum absolute atomic E-state index is 0.299. The van der Waals surface area contributed by atoms with Gasteiger partial charge in [-0.05, 0) is 37.1 Å². The molecule has 2 atom stereocenters. The van der Waals surface area contributed by atoms with Crippen LogP contribution in [0.4, 0.5) is 0 Å². The largest absolute Gasteiger partial charge is 0.316 e. The molecule has 5 nitrogen and oxygen atoms in total. The second kappa shape index (κ2) is 4.04. The van der Waals surface area contributed by atoms with E-state index in [4.69, 9.17) is 0 Å². The lowest BCUT2D eigenvalue weighted by molar-refractivity contribution is 0.448. The summed E-state index contributed by atoms with van der Waals surface area (Å²) >= 11 is 0. The maximum Gasteiger partial charge on any atom is 0.244 e. The van der Waals surface area contributed by atoms with Gasteiger partial charge in [0.05, 0.1) is 0 Å². The number of nitrogens with zero attached hydrogens (tertiary/aromatic N) is 2. The van der Waals surface area contributed by atoms with Gasteiger partial charge in [-0.3, -0.25) is 4.98 Å². The summed E-state index contributed by atoms with van der Waals surface area (Å²) in [4.78, 5) is 4.18. The molecule has 0 aromatic carbocycles. The van der Waals surface area contributed by atoms with Crippen LogP contribution in [-0.2, 0) is 10.0 Å². The Hall–Kier alpha value is -0.980. The second-order valence-electron chi connectivity index (χ2n) is 4.69. The number of nitrogens with one attached hydrogen (secondary N) is 1. The summed E-state index contributed by atoms with van der Waals surface area (Å²) in [6.45, 7) is 3.14. The molecule has 2 unspecified atom stereocenters. The minimum atomic E-state index is -3.34. The molecule has 2 aliphatic heterocycles. The van der Waals surface area contributed by atoms with Gasteiger partial charge in [0.15, 0.2) is 0 Å². The number of rotatable bonds is 2. The van der Waals surface area contributed by atoms with Gasteiger partial charge in [-0.2, -0.15) is 4.31 Å². The molecule has 0 amide bonds. The maximum absolute atomic E-state index is 12.3. The highest BCUT2D eigenvalue weighted by molar-refractivity contribution is 7.89. The highest BCUT2D eigenvalue weighted by atomic mass is 32.2. The van der Waals surface area contributed by atoms with Gasteiger partial charge in [0.1, 0.15) is 4.90 Å². The van der Waals surface area contributed by atoms with Crippen LogP contribution < -0.4 is 5.32 Å². The third-order valence-electron chi connectivity index (χ3n) is 3.63. The molecule has 1 aromatic rings. The minimum Gasteiger partial charge on any atom is -0.316 e. The zero-order valence-electron chi connectivity index (χ0n) is 9.41. The molecule has 0 aliphatic carbocycles. The Labute approximate surface area is 101 Å². The summed E-state index contributed by atoms with van der Waals surface area (Å²) < 4.78 is 26.3. The fourth-order valence-corrected chi connectivity index (χ4v) is 4.18. The van der Waals surface area contributed by atoms with Crippen molar-refractivity contribution in [2.45, 2.75) is 4.90 Å². The fourth-order valence-electron chi connectivity index (χ4n) is 2.66. The maximum atomic E-state index is 12.3. The highest BCUT2D eigenvalue weighted by Crippen LogP contribution is 2.30. The fraction of sp³-hybridized carbons (Fsp3) is 0.545. The Morgan fingerprint density at radius 2 is 2.00 bits per heavy atom. The number of sulfonamides is 1. The third kappa shape index (κ3) is 1.86. The summed E-state index contributed by atoms with van der Waals surface area (Å²) in [7, 11) is -3.34. The lowest BCUT2D eigenvalue weighted by Crippen LogP contribution is -2.32. The number of hydrogen-bond acceptors (Lipinski definition) is 4. The van der Waals surface area contributed by atoms with E-state index in [0.29, 0.717) is 29.8 Å². The molecule has 3 rings (SSSR count). The van der Waals surface area contributed by atoms with E-state index in [-0.39, 0.29) is 0 Å². The molecule has 1 aromatic heterocycles. The first kappa shape index (κ1) is 11.1. The smallest absolute Gasteiger partial charge is 0.244 e. The van der Waals surface area contributed by atoms with Gasteiger partial charge in [0.25, 0.3) is 0 Å². The molecule has 17 heavy (non-hydrogen) atoms. The zero-order valence-corrected chi connectivity index (χ0v) is 10.2. The van der Waals surface area contributed by atoms with Crippen molar-refractivity contribution in [2.24, 2.45) is 11.8 Å². The van der Waals surface area contributed by atoms with E-state index in [1.165, 1.54) is 6.20 Å². The molecule has 2 aliphatic rings. The van der Waals surface area contributed by atoms with Crippen molar-refractivity contribution in [3.05, 3.63) is 24.5 Å². The van der Waals surface area contributed by atoms with E-state index < -0.39 is 10.0 Å². The predicted molar refractivity (Wildman–Crippen MR) is 62.8 cm³/mol. The van der Waals surface area contributed by atoms with Crippen LogP contribution in [0.3, 0.4) is 0 Å². The molecule has 6 heteroatoms. The van der Waals surface area contributed by atoms with Gasteiger partial charge < -0.3 is 5.32 Å². The van der Waals surface area contributed by atoms with Crippen LogP contribution in [-0.4, -0.2) is 43.9 Å². The van der Waals surface area contributed by atoms with Crippen LogP contribution in [0.2, 0.25) is 0 Å². The quantitative estimate of drug-likeness (QED) is 0.801. The van der Waals surface area contributed by atoms with Crippen molar-refractivity contribution < 1.29 is 8.42 Å². The number of aromatic nitrogens is 1. The van der Waals surface area contributed by atoms with Gasteiger partial charge in [0, 0.05) is 25.5 Å². The molecule has 0 bridgehead atoms. The first-order chi connectivity index (χ1) is 8.18. The number of pyridine rings is 1. The molecule has 3 heterocycles. The topological polar surface area (TPSA) is 62.3 Å². The third-order valence-corrected chi connectivity index (χ3v) is 5.44. The SMILES string of the molecule is O=S(=O)(c1cccnc1)N1CC2CNCC2C1. The highest BCUT2D eigenvalue weighted by Gasteiger charge is 2.41. The molecule has 92 valence electrons. The Balaban J connectivity index is 1.86. The van der Waals surface area contributed by atoms with Crippen molar-refractivity contribution in [3.8, 4) is 0 Å². The standard InChI is InChI=1S/C11H15N3O2S/c15-17(16,11-2-1-3-12-6-11)14-7-9-4-13-5-10(9)8-14/h1-3,6,9-10,13H,4-5,7-8H2. The summed E-state index contributed by atoms with van der Waals surface area (Å²) in [6.07, 6.45) is 3.00. The molecule has 2 saturated heterocycles. The van der Waals surface area contributed by atoms with Gasteiger partial charge in [-0.25, -0.2) is 8.42 Å². The number of hydrogen-bond donors (Lipinski definition) is 1. The van der Waals surface area contributed by atoms with Crippen LogP contribution in [0.25, 0.3) is 0 Å². The molecule has 0 saturated carbocycles. The van der Waals surface area contributed by atoms with E-state index in [2.05, 4.69) is 10.3 Å². The van der Waals surface area contributed by atoms with Crippen LogP contribution >= 0.6 is 0 Å². The predicted octanol–water partition coefficient (Wildman–Crippen LogP) is -0.0785. The van der Waals surface area contributed by atoms with Crippen molar-refractivity contribution in [1.29, 1.82) is 0 Å². The van der Waals surface area contributed by atoms with Gasteiger partial charge in [-0.15, -0.1) is 0 Å². The van der Waals surface area contributed by atoms with Crippen molar-refractivity contribution >= 4 is 10.0 Å². The average Bonchev–Trinajstić information content (AvgIpc) is 2.90. The van der Waals surface area contributed by atoms with E-state index >= 15 is 0 Å². The summed E-state index contributed by atoms with van der Waals surface area (Å²) in [5, 5.41) is 3.30. The summed E-state index contributed by atoms with van der Waals surface area (Å²) in [6, 6.07) is 3.26. The molecular formula is C11H15N3O2S. The Bertz CT molecular complexity index is 491. The molecule has 0 radical (unpaired) electrons. The second-order valence-corrected chi connectivity index (χ2v) is 6.63.